The number of hydrogen-bond acceptors (Lipinski definition) is 2. The van der Waals surface area contributed by atoms with Crippen molar-refractivity contribution in [3.8, 4) is 0 Å². The number of hydrogen-bond donors (Lipinski definition) is 1. The lowest BCUT2D eigenvalue weighted by molar-refractivity contribution is 1.15. The van der Waals surface area contributed by atoms with E-state index < -0.39 is 0 Å². The Morgan fingerprint density at radius 3 is 2.23 bits per heavy atom. The maximum atomic E-state index is 3.45. The monoisotopic (exact) mass is 304 g/mol. The molecule has 22 heavy (non-hydrogen) atoms. The van der Waals surface area contributed by atoms with E-state index in [-0.39, 0.29) is 0 Å². The first-order valence-corrected chi connectivity index (χ1v) is 8.34. The fourth-order valence-corrected chi connectivity index (χ4v) is 3.01. The van der Waals surface area contributed by atoms with Crippen molar-refractivity contribution in [3.63, 3.8) is 0 Å². The Kier molecular flexibility index (Phi) is 5.17. The molecule has 0 heterocycles. The zero-order valence-electron chi connectivity index (χ0n) is 12.3. The lowest BCUT2D eigenvalue weighted by Gasteiger charge is -2.08. The standard InChI is InChI=1S/C20H18NS/c1-3-7-17(8-4-1)15-21-19-13-11-18(12-14-19)16-22-20-9-5-2-6-10-20/h1,3-14,21H,15-16H2. The van der Waals surface area contributed by atoms with E-state index in [2.05, 4.69) is 72.0 Å². The molecule has 1 N–H and O–H groups in total. The predicted octanol–water partition coefficient (Wildman–Crippen LogP) is 5.39. The minimum atomic E-state index is 0.857. The van der Waals surface area contributed by atoms with Gasteiger partial charge in [0, 0.05) is 22.9 Å². The maximum Gasteiger partial charge on any atom is 0.0400 e. The summed E-state index contributed by atoms with van der Waals surface area (Å²) < 4.78 is 0. The molecule has 0 fully saturated rings. The fraction of sp³-hybridized carbons (Fsp3) is 0.100. The summed E-state index contributed by atoms with van der Waals surface area (Å²) in [7, 11) is 0. The summed E-state index contributed by atoms with van der Waals surface area (Å²) in [6.45, 7) is 0.857. The molecular formula is C20H18NS. The second kappa shape index (κ2) is 7.71. The van der Waals surface area contributed by atoms with Gasteiger partial charge in [-0.25, -0.2) is 0 Å². The fourth-order valence-electron chi connectivity index (χ4n) is 2.15. The summed E-state index contributed by atoms with van der Waals surface area (Å²) in [5, 5.41) is 3.45. The summed E-state index contributed by atoms with van der Waals surface area (Å²) in [6.07, 6.45) is 0. The van der Waals surface area contributed by atoms with Crippen LogP contribution in [-0.2, 0) is 12.3 Å². The molecule has 0 atom stereocenters. The Labute approximate surface area is 136 Å². The summed E-state index contributed by atoms with van der Waals surface area (Å²) in [5.74, 6) is 0.989. The van der Waals surface area contributed by atoms with Gasteiger partial charge in [0.15, 0.2) is 0 Å². The first-order chi connectivity index (χ1) is 10.9. The molecule has 109 valence electrons. The van der Waals surface area contributed by atoms with Crippen LogP contribution in [0.5, 0.6) is 0 Å². The number of nitrogens with one attached hydrogen (secondary N) is 1. The van der Waals surface area contributed by atoms with Crippen LogP contribution in [0.15, 0.2) is 83.8 Å². The lowest BCUT2D eigenvalue weighted by Crippen LogP contribution is -1.98. The maximum absolute atomic E-state index is 3.45. The third-order valence-corrected chi connectivity index (χ3v) is 4.47. The minimum Gasteiger partial charge on any atom is -0.381 e. The van der Waals surface area contributed by atoms with Crippen LogP contribution in [0.3, 0.4) is 0 Å². The molecule has 0 aromatic heterocycles. The second-order valence-corrected chi connectivity index (χ2v) is 6.11. The third-order valence-electron chi connectivity index (χ3n) is 3.39. The molecule has 3 aromatic carbocycles. The van der Waals surface area contributed by atoms with Gasteiger partial charge in [-0.2, -0.15) is 0 Å². The van der Waals surface area contributed by atoms with Crippen LogP contribution >= 0.6 is 11.8 Å². The van der Waals surface area contributed by atoms with E-state index >= 15 is 0 Å². The van der Waals surface area contributed by atoms with Gasteiger partial charge in [-0.15, -0.1) is 11.8 Å². The molecule has 1 radical (unpaired) electrons. The summed E-state index contributed by atoms with van der Waals surface area (Å²) in [5.41, 5.74) is 3.79. The highest BCUT2D eigenvalue weighted by atomic mass is 32.2. The first kappa shape index (κ1) is 14.7. The van der Waals surface area contributed by atoms with E-state index in [1.54, 1.807) is 0 Å². The van der Waals surface area contributed by atoms with Gasteiger partial charge in [0.05, 0.1) is 0 Å². The molecule has 1 nitrogen and oxygen atoms in total. The summed E-state index contributed by atoms with van der Waals surface area (Å²) in [4.78, 5) is 1.28. The van der Waals surface area contributed by atoms with Crippen molar-refractivity contribution in [2.24, 2.45) is 0 Å². The minimum absolute atomic E-state index is 0.857. The molecule has 0 aliphatic carbocycles. The SMILES string of the molecule is [c]1ccc(SCc2ccc(NCc3ccccc3)cc2)cc1. The average Bonchev–Trinajstić information content (AvgIpc) is 2.61. The molecule has 0 aliphatic rings. The number of thioether (sulfide) groups is 1. The highest BCUT2D eigenvalue weighted by molar-refractivity contribution is 7.98. The summed E-state index contributed by atoms with van der Waals surface area (Å²) in [6, 6.07) is 30.3. The smallest absolute Gasteiger partial charge is 0.0400 e. The second-order valence-electron chi connectivity index (χ2n) is 5.06. The predicted molar refractivity (Wildman–Crippen MR) is 95.0 cm³/mol. The Hall–Kier alpha value is -2.19. The van der Waals surface area contributed by atoms with Gasteiger partial charge in [-0.3, -0.25) is 0 Å². The van der Waals surface area contributed by atoms with Gasteiger partial charge >= 0.3 is 0 Å². The van der Waals surface area contributed by atoms with Crippen molar-refractivity contribution < 1.29 is 0 Å². The van der Waals surface area contributed by atoms with Crippen LogP contribution in [0.4, 0.5) is 5.69 Å². The van der Waals surface area contributed by atoms with Crippen LogP contribution in [0.1, 0.15) is 11.1 Å². The van der Waals surface area contributed by atoms with E-state index in [9.17, 15) is 0 Å². The van der Waals surface area contributed by atoms with Crippen molar-refractivity contribution in [2.45, 2.75) is 17.2 Å². The van der Waals surface area contributed by atoms with Crippen LogP contribution in [0.2, 0.25) is 0 Å². The molecular weight excluding hydrogens is 286 g/mol. The molecule has 0 saturated heterocycles. The zero-order valence-corrected chi connectivity index (χ0v) is 13.1. The van der Waals surface area contributed by atoms with Gasteiger partial charge in [0.2, 0.25) is 0 Å². The molecule has 0 spiro atoms. The topological polar surface area (TPSA) is 12.0 Å². The van der Waals surface area contributed by atoms with Crippen LogP contribution in [0.25, 0.3) is 0 Å². The quantitative estimate of drug-likeness (QED) is 0.613. The molecule has 3 aromatic rings. The molecule has 0 saturated carbocycles. The highest BCUT2D eigenvalue weighted by Crippen LogP contribution is 2.23. The molecule has 0 amide bonds. The third kappa shape index (κ3) is 4.40. The summed E-state index contributed by atoms with van der Waals surface area (Å²) >= 11 is 1.85. The molecule has 0 unspecified atom stereocenters. The lowest BCUT2D eigenvalue weighted by atomic mass is 10.2. The van der Waals surface area contributed by atoms with E-state index in [1.165, 1.54) is 16.0 Å². The zero-order chi connectivity index (χ0) is 15.0. The largest absolute Gasteiger partial charge is 0.381 e. The van der Waals surface area contributed by atoms with Crippen molar-refractivity contribution >= 4 is 17.4 Å². The van der Waals surface area contributed by atoms with E-state index in [0.29, 0.717) is 0 Å². The molecule has 3 rings (SSSR count). The van der Waals surface area contributed by atoms with Crippen LogP contribution < -0.4 is 5.32 Å². The number of anilines is 1. The molecule has 0 aliphatic heterocycles. The molecule has 2 heteroatoms. The van der Waals surface area contributed by atoms with E-state index in [4.69, 9.17) is 0 Å². The first-order valence-electron chi connectivity index (χ1n) is 7.36. The van der Waals surface area contributed by atoms with Crippen LogP contribution in [-0.4, -0.2) is 0 Å². The Bertz CT molecular complexity index is 615. The Morgan fingerprint density at radius 2 is 1.50 bits per heavy atom. The Morgan fingerprint density at radius 1 is 0.773 bits per heavy atom. The van der Waals surface area contributed by atoms with Crippen molar-refractivity contribution in [1.29, 1.82) is 0 Å². The van der Waals surface area contributed by atoms with E-state index in [0.717, 1.165) is 18.0 Å². The Balaban J connectivity index is 1.52. The van der Waals surface area contributed by atoms with Gasteiger partial charge in [0.25, 0.3) is 0 Å². The van der Waals surface area contributed by atoms with Crippen molar-refractivity contribution in [1.82, 2.24) is 0 Å². The molecule has 0 bridgehead atoms. The van der Waals surface area contributed by atoms with Gasteiger partial charge < -0.3 is 5.32 Å². The van der Waals surface area contributed by atoms with Crippen molar-refractivity contribution in [3.05, 3.63) is 96.1 Å². The normalized spacial score (nSPS) is 10.4. The van der Waals surface area contributed by atoms with Gasteiger partial charge in [-0.05, 0) is 41.5 Å². The van der Waals surface area contributed by atoms with E-state index in [1.807, 2.05) is 30.0 Å². The van der Waals surface area contributed by atoms with Gasteiger partial charge in [-0.1, -0.05) is 54.6 Å². The van der Waals surface area contributed by atoms with Crippen LogP contribution in [0, 0.1) is 6.07 Å². The van der Waals surface area contributed by atoms with Gasteiger partial charge in [0.1, 0.15) is 0 Å². The number of benzene rings is 3. The highest BCUT2D eigenvalue weighted by Gasteiger charge is 1.97. The van der Waals surface area contributed by atoms with Crippen molar-refractivity contribution in [2.75, 3.05) is 5.32 Å². The average molecular weight is 304 g/mol. The number of rotatable bonds is 6.